The first-order valence-corrected chi connectivity index (χ1v) is 9.69. The predicted molar refractivity (Wildman–Crippen MR) is 101 cm³/mol. The molecule has 0 radical (unpaired) electrons. The summed E-state index contributed by atoms with van der Waals surface area (Å²) in [6.45, 7) is 2.59. The van der Waals surface area contributed by atoms with E-state index >= 15 is 0 Å². The molecule has 3 atom stereocenters. The van der Waals surface area contributed by atoms with Gasteiger partial charge in [-0.25, -0.2) is 9.87 Å². The summed E-state index contributed by atoms with van der Waals surface area (Å²) >= 11 is 0. The Bertz CT molecular complexity index is 671. The molecule has 1 fully saturated rings. The van der Waals surface area contributed by atoms with E-state index in [1.807, 2.05) is 37.3 Å². The van der Waals surface area contributed by atoms with Crippen molar-refractivity contribution >= 4 is 17.7 Å². The Morgan fingerprint density at radius 3 is 2.64 bits per heavy atom. The highest BCUT2D eigenvalue weighted by Gasteiger charge is 2.41. The molecule has 1 aliphatic heterocycles. The fourth-order valence-corrected chi connectivity index (χ4v) is 3.48. The van der Waals surface area contributed by atoms with Gasteiger partial charge in [0.15, 0.2) is 6.17 Å². The van der Waals surface area contributed by atoms with Gasteiger partial charge in [-0.05, 0) is 24.8 Å². The SMILES string of the molecule is CCCCC(C(=O)N1CCC[C@H]1C(=O)NCc1ccccc1)C(F)C(=O)NO. The lowest BCUT2D eigenvalue weighted by Crippen LogP contribution is -2.50. The molecule has 3 amide bonds. The summed E-state index contributed by atoms with van der Waals surface area (Å²) in [6, 6.07) is 8.73. The van der Waals surface area contributed by atoms with Crippen molar-refractivity contribution < 1.29 is 24.0 Å². The van der Waals surface area contributed by atoms with Crippen LogP contribution < -0.4 is 10.8 Å². The van der Waals surface area contributed by atoms with Crippen LogP contribution in [0.15, 0.2) is 30.3 Å². The number of amides is 3. The van der Waals surface area contributed by atoms with Crippen LogP contribution in [-0.4, -0.2) is 46.6 Å². The van der Waals surface area contributed by atoms with Crippen LogP contribution in [0.1, 0.15) is 44.6 Å². The van der Waals surface area contributed by atoms with E-state index in [2.05, 4.69) is 5.32 Å². The second-order valence-corrected chi connectivity index (χ2v) is 7.02. The van der Waals surface area contributed by atoms with Crippen LogP contribution >= 0.6 is 0 Å². The minimum Gasteiger partial charge on any atom is -0.350 e. The Morgan fingerprint density at radius 2 is 2.00 bits per heavy atom. The molecule has 1 heterocycles. The molecule has 7 nitrogen and oxygen atoms in total. The first-order chi connectivity index (χ1) is 13.5. The van der Waals surface area contributed by atoms with E-state index in [1.54, 1.807) is 0 Å². The van der Waals surface area contributed by atoms with Gasteiger partial charge in [-0.3, -0.25) is 19.6 Å². The fourth-order valence-electron chi connectivity index (χ4n) is 3.48. The molecule has 2 rings (SSSR count). The fraction of sp³-hybridized carbons (Fsp3) is 0.550. The average molecular weight is 393 g/mol. The minimum absolute atomic E-state index is 0.179. The molecule has 8 heteroatoms. The molecule has 1 saturated heterocycles. The number of benzene rings is 1. The largest absolute Gasteiger partial charge is 0.350 e. The molecule has 0 bridgehead atoms. The highest BCUT2D eigenvalue weighted by atomic mass is 19.1. The van der Waals surface area contributed by atoms with Crippen molar-refractivity contribution in [2.75, 3.05) is 6.54 Å². The first kappa shape index (κ1) is 21.8. The number of alkyl halides is 1. The molecule has 1 aromatic rings. The van der Waals surface area contributed by atoms with Crippen LogP contribution in [0.4, 0.5) is 4.39 Å². The molecule has 2 unspecified atom stereocenters. The van der Waals surface area contributed by atoms with Crippen molar-refractivity contribution in [3.8, 4) is 0 Å². The Kier molecular flexibility index (Phi) is 8.38. The van der Waals surface area contributed by atoms with Gasteiger partial charge in [0, 0.05) is 13.1 Å². The maximum atomic E-state index is 14.5. The molecule has 0 saturated carbocycles. The van der Waals surface area contributed by atoms with Crippen molar-refractivity contribution in [1.82, 2.24) is 15.7 Å². The number of nitrogens with one attached hydrogen (secondary N) is 2. The summed E-state index contributed by atoms with van der Waals surface area (Å²) in [4.78, 5) is 38.5. The van der Waals surface area contributed by atoms with Crippen LogP contribution in [0.3, 0.4) is 0 Å². The van der Waals surface area contributed by atoms with Crippen LogP contribution in [0.25, 0.3) is 0 Å². The van der Waals surface area contributed by atoms with E-state index in [4.69, 9.17) is 5.21 Å². The summed E-state index contributed by atoms with van der Waals surface area (Å²) < 4.78 is 14.5. The van der Waals surface area contributed by atoms with E-state index in [0.29, 0.717) is 32.4 Å². The number of hydrogen-bond donors (Lipinski definition) is 3. The Hall–Kier alpha value is -2.48. The Labute approximate surface area is 164 Å². The number of unbranched alkanes of at least 4 members (excludes halogenated alkanes) is 1. The maximum absolute atomic E-state index is 14.5. The molecule has 1 aliphatic rings. The summed E-state index contributed by atoms with van der Waals surface area (Å²) in [5.74, 6) is -3.29. The highest BCUT2D eigenvalue weighted by molar-refractivity contribution is 5.92. The number of carbonyl (C=O) groups excluding carboxylic acids is 3. The number of hydrogen-bond acceptors (Lipinski definition) is 4. The normalized spacial score (nSPS) is 18.4. The molecule has 154 valence electrons. The lowest BCUT2D eigenvalue weighted by molar-refractivity contribution is -0.149. The van der Waals surface area contributed by atoms with Crippen molar-refractivity contribution in [2.24, 2.45) is 5.92 Å². The molecule has 28 heavy (non-hydrogen) atoms. The van der Waals surface area contributed by atoms with Gasteiger partial charge >= 0.3 is 0 Å². The summed E-state index contributed by atoms with van der Waals surface area (Å²) in [7, 11) is 0. The molecule has 1 aromatic carbocycles. The summed E-state index contributed by atoms with van der Waals surface area (Å²) in [6.07, 6.45) is 0.456. The lowest BCUT2D eigenvalue weighted by Gasteiger charge is -2.29. The number of rotatable bonds is 9. The number of carbonyl (C=O) groups is 3. The summed E-state index contributed by atoms with van der Waals surface area (Å²) in [5, 5.41) is 11.5. The van der Waals surface area contributed by atoms with Crippen molar-refractivity contribution in [3.63, 3.8) is 0 Å². The second kappa shape index (κ2) is 10.8. The van der Waals surface area contributed by atoms with Gasteiger partial charge in [0.2, 0.25) is 11.8 Å². The standard InChI is InChI=1S/C20H28FN3O4/c1-2-3-10-15(17(21)19(26)23-28)20(27)24-12-7-11-16(24)18(25)22-13-14-8-5-4-6-9-14/h4-6,8-9,15-17,28H,2-3,7,10-13H2,1H3,(H,22,25)(H,23,26)/t15?,16-,17?/m0/s1. The zero-order chi connectivity index (χ0) is 20.5. The monoisotopic (exact) mass is 393 g/mol. The van der Waals surface area contributed by atoms with Gasteiger partial charge in [0.05, 0.1) is 5.92 Å². The number of nitrogens with zero attached hydrogens (tertiary/aromatic N) is 1. The molecule has 0 aromatic heterocycles. The van der Waals surface area contributed by atoms with Crippen molar-refractivity contribution in [1.29, 1.82) is 0 Å². The van der Waals surface area contributed by atoms with E-state index in [-0.39, 0.29) is 12.3 Å². The molecular weight excluding hydrogens is 365 g/mol. The zero-order valence-corrected chi connectivity index (χ0v) is 16.1. The van der Waals surface area contributed by atoms with E-state index in [1.165, 1.54) is 10.4 Å². The number of halogens is 1. The van der Waals surface area contributed by atoms with Crippen LogP contribution in [0.5, 0.6) is 0 Å². The van der Waals surface area contributed by atoms with Crippen molar-refractivity contribution in [2.45, 2.75) is 57.8 Å². The molecular formula is C20H28FN3O4. The van der Waals surface area contributed by atoms with E-state index in [9.17, 15) is 18.8 Å². The highest BCUT2D eigenvalue weighted by Crippen LogP contribution is 2.25. The van der Waals surface area contributed by atoms with Crippen LogP contribution in [0, 0.1) is 5.92 Å². The van der Waals surface area contributed by atoms with Crippen LogP contribution in [-0.2, 0) is 20.9 Å². The first-order valence-electron chi connectivity index (χ1n) is 9.69. The quantitative estimate of drug-likeness (QED) is 0.441. The van der Waals surface area contributed by atoms with Gasteiger partial charge in [0.25, 0.3) is 5.91 Å². The third-order valence-electron chi connectivity index (χ3n) is 5.05. The average Bonchev–Trinajstić information content (AvgIpc) is 3.22. The second-order valence-electron chi connectivity index (χ2n) is 7.02. The predicted octanol–water partition coefficient (Wildman–Crippen LogP) is 1.94. The topological polar surface area (TPSA) is 98.7 Å². The van der Waals surface area contributed by atoms with Gasteiger partial charge in [-0.2, -0.15) is 0 Å². The smallest absolute Gasteiger partial charge is 0.278 e. The third-order valence-corrected chi connectivity index (χ3v) is 5.05. The summed E-state index contributed by atoms with van der Waals surface area (Å²) in [5.41, 5.74) is 2.22. The molecule has 0 spiro atoms. The molecule has 0 aliphatic carbocycles. The van der Waals surface area contributed by atoms with E-state index in [0.717, 1.165) is 12.0 Å². The van der Waals surface area contributed by atoms with E-state index < -0.39 is 29.9 Å². The zero-order valence-electron chi connectivity index (χ0n) is 16.1. The van der Waals surface area contributed by atoms with Crippen LogP contribution in [0.2, 0.25) is 0 Å². The number of likely N-dealkylation sites (tertiary alicyclic amines) is 1. The van der Waals surface area contributed by atoms with Gasteiger partial charge in [-0.1, -0.05) is 50.1 Å². The lowest BCUT2D eigenvalue weighted by atomic mass is 9.94. The van der Waals surface area contributed by atoms with Gasteiger partial charge in [0.1, 0.15) is 6.04 Å². The maximum Gasteiger partial charge on any atom is 0.278 e. The number of hydroxylamine groups is 1. The Balaban J connectivity index is 2.05. The molecule has 3 N–H and O–H groups in total. The van der Waals surface area contributed by atoms with Gasteiger partial charge in [-0.15, -0.1) is 0 Å². The third kappa shape index (κ3) is 5.51. The minimum atomic E-state index is -2.15. The Morgan fingerprint density at radius 1 is 1.29 bits per heavy atom. The van der Waals surface area contributed by atoms with Crippen molar-refractivity contribution in [3.05, 3.63) is 35.9 Å². The van der Waals surface area contributed by atoms with Gasteiger partial charge < -0.3 is 10.2 Å².